The first-order valence-corrected chi connectivity index (χ1v) is 10.9. The van der Waals surface area contributed by atoms with Gasteiger partial charge in [0.2, 0.25) is 0 Å². The molecular formula is C24H30N4O3. The van der Waals surface area contributed by atoms with Gasteiger partial charge in [0.1, 0.15) is 16.9 Å². The zero-order valence-corrected chi connectivity index (χ0v) is 18.6. The first-order valence-electron chi connectivity index (χ1n) is 10.9. The predicted molar refractivity (Wildman–Crippen MR) is 120 cm³/mol. The lowest BCUT2D eigenvalue weighted by atomic mass is 9.93. The van der Waals surface area contributed by atoms with Crippen molar-refractivity contribution >= 4 is 17.1 Å². The van der Waals surface area contributed by atoms with Crippen molar-refractivity contribution in [1.29, 1.82) is 0 Å². The van der Waals surface area contributed by atoms with E-state index in [4.69, 9.17) is 4.74 Å². The molecule has 0 bridgehead atoms. The van der Waals surface area contributed by atoms with Gasteiger partial charge in [-0.2, -0.15) is 0 Å². The number of amides is 1. The van der Waals surface area contributed by atoms with Crippen LogP contribution < -0.4 is 0 Å². The van der Waals surface area contributed by atoms with Crippen LogP contribution in [0.25, 0.3) is 22.3 Å². The largest absolute Gasteiger partial charge is 0.507 e. The molecule has 1 fully saturated rings. The van der Waals surface area contributed by atoms with Crippen LogP contribution in [0.1, 0.15) is 52.1 Å². The van der Waals surface area contributed by atoms with Crippen molar-refractivity contribution in [1.82, 2.24) is 19.7 Å². The number of rotatable bonds is 3. The molecule has 31 heavy (non-hydrogen) atoms. The smallest absolute Gasteiger partial charge is 0.410 e. The first kappa shape index (κ1) is 21.2. The zero-order valence-electron chi connectivity index (χ0n) is 18.6. The second kappa shape index (κ2) is 8.21. The number of aromatic nitrogens is 3. The summed E-state index contributed by atoms with van der Waals surface area (Å²) in [6.45, 7) is 9.97. The van der Waals surface area contributed by atoms with Crippen LogP contribution in [-0.4, -0.2) is 49.6 Å². The SMILES string of the molecule is CCn1c(C2CCN(C(=O)OC(C)(C)C)CC2)cc2nnc(-c3ccccc3O)cc21. The number of carbonyl (C=O) groups is 1. The Bertz CT molecular complexity index is 1090. The van der Waals surface area contributed by atoms with Crippen LogP contribution in [0.15, 0.2) is 36.4 Å². The molecule has 0 aliphatic carbocycles. The van der Waals surface area contributed by atoms with E-state index in [0.717, 1.165) is 30.4 Å². The van der Waals surface area contributed by atoms with Gasteiger partial charge in [0, 0.05) is 36.8 Å². The number of aromatic hydroxyl groups is 1. The summed E-state index contributed by atoms with van der Waals surface area (Å²) in [5.74, 6) is 0.543. The summed E-state index contributed by atoms with van der Waals surface area (Å²) in [5, 5.41) is 19.0. The van der Waals surface area contributed by atoms with Crippen molar-refractivity contribution in [2.24, 2.45) is 0 Å². The molecule has 0 atom stereocenters. The van der Waals surface area contributed by atoms with E-state index in [-0.39, 0.29) is 11.8 Å². The molecule has 0 unspecified atom stereocenters. The number of carbonyl (C=O) groups excluding carboxylic acids is 1. The van der Waals surface area contributed by atoms with Gasteiger partial charge in [0.05, 0.1) is 11.2 Å². The van der Waals surface area contributed by atoms with Crippen LogP contribution >= 0.6 is 0 Å². The number of piperidine rings is 1. The topological polar surface area (TPSA) is 80.5 Å². The fraction of sp³-hybridized carbons (Fsp3) is 0.458. The molecule has 0 radical (unpaired) electrons. The van der Waals surface area contributed by atoms with Crippen LogP contribution in [0.4, 0.5) is 4.79 Å². The van der Waals surface area contributed by atoms with Crippen molar-refractivity contribution < 1.29 is 14.6 Å². The Morgan fingerprint density at radius 1 is 1.16 bits per heavy atom. The van der Waals surface area contributed by atoms with Crippen molar-refractivity contribution in [3.8, 4) is 17.0 Å². The van der Waals surface area contributed by atoms with Crippen LogP contribution in [0.5, 0.6) is 5.75 Å². The van der Waals surface area contributed by atoms with Gasteiger partial charge in [-0.25, -0.2) is 4.79 Å². The second-order valence-electron chi connectivity index (χ2n) is 9.07. The minimum Gasteiger partial charge on any atom is -0.507 e. The van der Waals surface area contributed by atoms with E-state index in [9.17, 15) is 9.90 Å². The number of fused-ring (bicyclic) bond motifs is 1. The summed E-state index contributed by atoms with van der Waals surface area (Å²) in [7, 11) is 0. The predicted octanol–water partition coefficient (Wildman–Crippen LogP) is 4.94. The van der Waals surface area contributed by atoms with Crippen molar-refractivity contribution in [2.75, 3.05) is 13.1 Å². The Labute approximate surface area is 182 Å². The van der Waals surface area contributed by atoms with Crippen LogP contribution in [0.2, 0.25) is 0 Å². The average molecular weight is 423 g/mol. The summed E-state index contributed by atoms with van der Waals surface area (Å²) in [6, 6.07) is 11.3. The highest BCUT2D eigenvalue weighted by Crippen LogP contribution is 2.34. The summed E-state index contributed by atoms with van der Waals surface area (Å²) in [4.78, 5) is 14.2. The quantitative estimate of drug-likeness (QED) is 0.647. The standard InChI is InChI=1S/C24H30N4O3/c1-5-28-20(16-10-12-27(13-11-16)23(30)31-24(2,3)4)15-19-21(28)14-18(25-26-19)17-8-6-7-9-22(17)29/h6-9,14-16,29H,5,10-13H2,1-4H3. The first-order chi connectivity index (χ1) is 14.8. The molecule has 2 aromatic heterocycles. The van der Waals surface area contributed by atoms with Crippen LogP contribution in [0, 0.1) is 0 Å². The lowest BCUT2D eigenvalue weighted by Gasteiger charge is -2.33. The molecule has 4 rings (SSSR count). The second-order valence-corrected chi connectivity index (χ2v) is 9.07. The fourth-order valence-corrected chi connectivity index (χ4v) is 4.26. The third-order valence-electron chi connectivity index (χ3n) is 5.75. The molecule has 1 aliphatic rings. The molecule has 7 heteroatoms. The molecule has 3 aromatic rings. The van der Waals surface area contributed by atoms with Gasteiger partial charge in [-0.1, -0.05) is 12.1 Å². The Kier molecular flexibility index (Phi) is 5.60. The third-order valence-corrected chi connectivity index (χ3v) is 5.75. The molecule has 1 aromatic carbocycles. The number of aryl methyl sites for hydroxylation is 1. The molecule has 1 amide bonds. The summed E-state index contributed by atoms with van der Waals surface area (Å²) < 4.78 is 7.80. The number of nitrogens with zero attached hydrogens (tertiary/aromatic N) is 4. The highest BCUT2D eigenvalue weighted by molar-refractivity contribution is 5.82. The highest BCUT2D eigenvalue weighted by Gasteiger charge is 2.29. The van der Waals surface area contributed by atoms with Gasteiger partial charge in [0.25, 0.3) is 0 Å². The molecule has 0 spiro atoms. The molecule has 1 saturated heterocycles. The lowest BCUT2D eigenvalue weighted by molar-refractivity contribution is 0.0203. The number of phenolic OH excluding ortho intramolecular Hbond substituents is 1. The number of ether oxygens (including phenoxy) is 1. The van der Waals surface area contributed by atoms with E-state index in [1.54, 1.807) is 17.0 Å². The minimum absolute atomic E-state index is 0.195. The Hall–Kier alpha value is -3.09. The lowest BCUT2D eigenvalue weighted by Crippen LogP contribution is -2.41. The van der Waals surface area contributed by atoms with E-state index in [1.165, 1.54) is 5.69 Å². The molecule has 0 saturated carbocycles. The summed E-state index contributed by atoms with van der Waals surface area (Å²) in [5.41, 5.74) is 3.94. The van der Waals surface area contributed by atoms with Gasteiger partial charge in [-0.3, -0.25) is 0 Å². The van der Waals surface area contributed by atoms with E-state index < -0.39 is 5.60 Å². The van der Waals surface area contributed by atoms with Crippen molar-refractivity contribution in [2.45, 2.75) is 58.6 Å². The zero-order chi connectivity index (χ0) is 22.2. The fourth-order valence-electron chi connectivity index (χ4n) is 4.26. The number of benzene rings is 1. The van der Waals surface area contributed by atoms with E-state index >= 15 is 0 Å². The summed E-state index contributed by atoms with van der Waals surface area (Å²) >= 11 is 0. The van der Waals surface area contributed by atoms with E-state index in [1.807, 2.05) is 39.0 Å². The molecule has 1 N–H and O–H groups in total. The average Bonchev–Trinajstić information content (AvgIpc) is 3.10. The number of hydrogen-bond donors (Lipinski definition) is 1. The van der Waals surface area contributed by atoms with Crippen LogP contribution in [0.3, 0.4) is 0 Å². The number of para-hydroxylation sites is 1. The number of likely N-dealkylation sites (tertiary alicyclic amines) is 1. The Balaban J connectivity index is 1.58. The van der Waals surface area contributed by atoms with Gasteiger partial charge < -0.3 is 19.3 Å². The Morgan fingerprint density at radius 3 is 2.52 bits per heavy atom. The van der Waals surface area contributed by atoms with Crippen molar-refractivity contribution in [3.63, 3.8) is 0 Å². The normalized spacial score (nSPS) is 15.4. The minimum atomic E-state index is -0.480. The maximum atomic E-state index is 12.4. The highest BCUT2D eigenvalue weighted by atomic mass is 16.6. The van der Waals surface area contributed by atoms with Gasteiger partial charge in [-0.15, -0.1) is 10.2 Å². The molecular weight excluding hydrogens is 392 g/mol. The Morgan fingerprint density at radius 2 is 1.87 bits per heavy atom. The number of hydrogen-bond acceptors (Lipinski definition) is 5. The maximum Gasteiger partial charge on any atom is 0.410 e. The summed E-state index contributed by atoms with van der Waals surface area (Å²) in [6.07, 6.45) is 1.53. The van der Waals surface area contributed by atoms with Gasteiger partial charge in [-0.05, 0) is 64.8 Å². The van der Waals surface area contributed by atoms with E-state index in [2.05, 4.69) is 27.8 Å². The third kappa shape index (κ3) is 4.36. The molecule has 3 heterocycles. The van der Waals surface area contributed by atoms with E-state index in [0.29, 0.717) is 30.3 Å². The maximum absolute atomic E-state index is 12.4. The van der Waals surface area contributed by atoms with Gasteiger partial charge in [0.15, 0.2) is 0 Å². The molecule has 164 valence electrons. The van der Waals surface area contributed by atoms with Crippen LogP contribution in [-0.2, 0) is 11.3 Å². The van der Waals surface area contributed by atoms with Crippen molar-refractivity contribution in [3.05, 3.63) is 42.1 Å². The molecule has 1 aliphatic heterocycles. The van der Waals surface area contributed by atoms with Gasteiger partial charge >= 0.3 is 6.09 Å². The number of phenols is 1. The molecule has 7 nitrogen and oxygen atoms in total. The monoisotopic (exact) mass is 422 g/mol.